The van der Waals surface area contributed by atoms with Crippen LogP contribution in [0.4, 0.5) is 32.0 Å². The minimum Gasteiger partial charge on any atom is -0.457 e. The van der Waals surface area contributed by atoms with E-state index in [0.717, 1.165) is 18.2 Å². The van der Waals surface area contributed by atoms with Gasteiger partial charge in [-0.25, -0.2) is 0 Å². The van der Waals surface area contributed by atoms with Crippen LogP contribution in [0.15, 0.2) is 60.7 Å². The molecular formula is C21H15F6NO2. The molecule has 0 atom stereocenters. The second-order valence-corrected chi connectivity index (χ2v) is 6.43. The van der Waals surface area contributed by atoms with Gasteiger partial charge in [-0.05, 0) is 61.5 Å². The van der Waals surface area contributed by atoms with Crippen molar-refractivity contribution in [1.29, 1.82) is 0 Å². The third-order valence-corrected chi connectivity index (χ3v) is 4.03. The van der Waals surface area contributed by atoms with E-state index >= 15 is 0 Å². The van der Waals surface area contributed by atoms with Gasteiger partial charge < -0.3 is 15.2 Å². The summed E-state index contributed by atoms with van der Waals surface area (Å²) in [6.45, 7) is 1.53. The minimum atomic E-state index is -4.67. The Kier molecular flexibility index (Phi) is 5.56. The highest BCUT2D eigenvalue weighted by Gasteiger charge is 2.35. The zero-order valence-corrected chi connectivity index (χ0v) is 15.4. The van der Waals surface area contributed by atoms with E-state index in [0.29, 0.717) is 5.56 Å². The summed E-state index contributed by atoms with van der Waals surface area (Å²) < 4.78 is 89.7. The van der Waals surface area contributed by atoms with Crippen molar-refractivity contribution in [2.75, 3.05) is 5.73 Å². The first-order chi connectivity index (χ1) is 13.9. The van der Waals surface area contributed by atoms with Gasteiger partial charge in [-0.1, -0.05) is 11.6 Å². The van der Waals surface area contributed by atoms with Crippen LogP contribution in [0.25, 0.3) is 0 Å². The van der Waals surface area contributed by atoms with Gasteiger partial charge in [0.05, 0.1) is 5.56 Å². The van der Waals surface area contributed by atoms with Gasteiger partial charge in [0.25, 0.3) is 0 Å². The number of benzene rings is 3. The van der Waals surface area contributed by atoms with Crippen molar-refractivity contribution >= 4 is 5.69 Å². The quantitative estimate of drug-likeness (QED) is 0.354. The molecule has 0 heterocycles. The summed E-state index contributed by atoms with van der Waals surface area (Å²) in [5.41, 5.74) is 3.78. The first kappa shape index (κ1) is 21.4. The summed E-state index contributed by atoms with van der Waals surface area (Å²) in [5, 5.41) is 0. The number of hydrogen-bond acceptors (Lipinski definition) is 3. The maximum atomic E-state index is 13.2. The maximum Gasteiger partial charge on any atom is 0.420 e. The Bertz CT molecular complexity index is 958. The van der Waals surface area contributed by atoms with E-state index < -0.39 is 29.2 Å². The Morgan fingerprint density at radius 1 is 0.633 bits per heavy atom. The monoisotopic (exact) mass is 427 g/mol. The van der Waals surface area contributed by atoms with Gasteiger partial charge in [0.1, 0.15) is 28.6 Å². The van der Waals surface area contributed by atoms with E-state index in [2.05, 4.69) is 0 Å². The number of halogens is 6. The molecule has 30 heavy (non-hydrogen) atoms. The molecule has 0 amide bonds. The van der Waals surface area contributed by atoms with Gasteiger partial charge in [0.15, 0.2) is 0 Å². The maximum absolute atomic E-state index is 13.2. The lowest BCUT2D eigenvalue weighted by atomic mass is 10.1. The van der Waals surface area contributed by atoms with Gasteiger partial charge in [-0.2, -0.15) is 26.3 Å². The molecule has 0 radical (unpaired) electrons. The van der Waals surface area contributed by atoms with Crippen molar-refractivity contribution in [2.45, 2.75) is 19.3 Å². The summed E-state index contributed by atoms with van der Waals surface area (Å²) in [7, 11) is 0. The van der Waals surface area contributed by atoms with E-state index in [-0.39, 0.29) is 22.9 Å². The van der Waals surface area contributed by atoms with Crippen LogP contribution in [-0.4, -0.2) is 0 Å². The summed E-state index contributed by atoms with van der Waals surface area (Å²) >= 11 is 0. The highest BCUT2D eigenvalue weighted by atomic mass is 19.4. The molecule has 0 fully saturated rings. The van der Waals surface area contributed by atoms with Crippen molar-refractivity contribution in [3.8, 4) is 23.0 Å². The van der Waals surface area contributed by atoms with Crippen LogP contribution in [0.5, 0.6) is 23.0 Å². The predicted octanol–water partition coefficient (Wildman–Crippen LogP) is 7.20. The minimum absolute atomic E-state index is 0.0394. The third kappa shape index (κ3) is 4.97. The zero-order chi connectivity index (χ0) is 22.1. The molecule has 0 spiro atoms. The predicted molar refractivity (Wildman–Crippen MR) is 98.6 cm³/mol. The summed E-state index contributed by atoms with van der Waals surface area (Å²) in [6, 6.07) is 11.9. The summed E-state index contributed by atoms with van der Waals surface area (Å²) in [5.74, 6) is -0.745. The van der Waals surface area contributed by atoms with Crippen molar-refractivity contribution in [3.05, 3.63) is 77.4 Å². The number of nitrogens with two attached hydrogens (primary N) is 1. The lowest BCUT2D eigenvalue weighted by Gasteiger charge is -2.16. The van der Waals surface area contributed by atoms with Gasteiger partial charge in [-0.15, -0.1) is 0 Å². The van der Waals surface area contributed by atoms with Crippen LogP contribution in [0.3, 0.4) is 0 Å². The van der Waals surface area contributed by atoms with Gasteiger partial charge >= 0.3 is 12.4 Å². The van der Waals surface area contributed by atoms with Gasteiger partial charge in [0, 0.05) is 5.69 Å². The smallest absolute Gasteiger partial charge is 0.420 e. The lowest BCUT2D eigenvalue weighted by Crippen LogP contribution is -2.08. The second-order valence-electron chi connectivity index (χ2n) is 6.43. The van der Waals surface area contributed by atoms with Crippen molar-refractivity contribution in [3.63, 3.8) is 0 Å². The van der Waals surface area contributed by atoms with E-state index in [1.54, 1.807) is 0 Å². The van der Waals surface area contributed by atoms with Crippen molar-refractivity contribution in [2.24, 2.45) is 0 Å². The molecule has 0 bridgehead atoms. The van der Waals surface area contributed by atoms with E-state index in [4.69, 9.17) is 15.2 Å². The van der Waals surface area contributed by atoms with Crippen LogP contribution in [0.2, 0.25) is 0 Å². The fraction of sp³-hybridized carbons (Fsp3) is 0.143. The number of hydrogen-bond donors (Lipinski definition) is 1. The second kappa shape index (κ2) is 7.81. The third-order valence-electron chi connectivity index (χ3n) is 4.03. The Labute approximate surface area is 167 Å². The molecule has 0 aliphatic rings. The summed E-state index contributed by atoms with van der Waals surface area (Å²) in [4.78, 5) is 0. The van der Waals surface area contributed by atoms with Gasteiger partial charge in [-0.3, -0.25) is 0 Å². The Balaban J connectivity index is 1.83. The van der Waals surface area contributed by atoms with Crippen LogP contribution in [0, 0.1) is 6.92 Å². The molecule has 3 aromatic rings. The van der Waals surface area contributed by atoms with E-state index in [9.17, 15) is 26.3 Å². The largest absolute Gasteiger partial charge is 0.457 e. The fourth-order valence-corrected chi connectivity index (χ4v) is 2.64. The fourth-order valence-electron chi connectivity index (χ4n) is 2.64. The molecule has 3 nitrogen and oxygen atoms in total. The molecule has 3 rings (SSSR count). The molecule has 9 heteroatoms. The standard InChI is InChI=1S/C21H15F6NO2/c1-12-2-8-18(16(10-12)20(22,23)24)29-14-4-6-15(7-5-14)30-19-9-3-13(28)11-17(19)21(25,26)27/h2-11H,28H2,1H3. The topological polar surface area (TPSA) is 44.5 Å². The molecule has 0 aliphatic carbocycles. The number of nitrogen functional groups attached to an aromatic ring is 1. The van der Waals surface area contributed by atoms with Gasteiger partial charge in [0.2, 0.25) is 0 Å². The highest BCUT2D eigenvalue weighted by molar-refractivity contribution is 5.51. The molecule has 2 N–H and O–H groups in total. The lowest BCUT2D eigenvalue weighted by molar-refractivity contribution is -0.139. The first-order valence-corrected chi connectivity index (χ1v) is 8.54. The number of aryl methyl sites for hydroxylation is 1. The molecule has 0 aliphatic heterocycles. The number of rotatable bonds is 4. The Morgan fingerprint density at radius 2 is 1.07 bits per heavy atom. The molecule has 0 saturated carbocycles. The molecule has 0 aromatic heterocycles. The Morgan fingerprint density at radius 3 is 1.53 bits per heavy atom. The average Bonchev–Trinajstić information content (AvgIpc) is 2.64. The van der Waals surface area contributed by atoms with Crippen LogP contribution in [-0.2, 0) is 12.4 Å². The molecule has 158 valence electrons. The van der Waals surface area contributed by atoms with Crippen LogP contribution in [0.1, 0.15) is 16.7 Å². The zero-order valence-electron chi connectivity index (χ0n) is 15.4. The highest BCUT2D eigenvalue weighted by Crippen LogP contribution is 2.41. The van der Waals surface area contributed by atoms with Crippen LogP contribution < -0.4 is 15.2 Å². The van der Waals surface area contributed by atoms with Crippen molar-refractivity contribution in [1.82, 2.24) is 0 Å². The Hall–Kier alpha value is -3.36. The van der Waals surface area contributed by atoms with Crippen molar-refractivity contribution < 1.29 is 35.8 Å². The SMILES string of the molecule is Cc1ccc(Oc2ccc(Oc3ccc(N)cc3C(F)(F)F)cc2)c(C(F)(F)F)c1. The summed E-state index contributed by atoms with van der Waals surface area (Å²) in [6.07, 6.45) is -9.28. The number of alkyl halides is 6. The normalized spacial score (nSPS) is 12.0. The molecular weight excluding hydrogens is 412 g/mol. The molecule has 0 unspecified atom stereocenters. The van der Waals surface area contributed by atoms with E-state index in [1.807, 2.05) is 0 Å². The molecule has 3 aromatic carbocycles. The number of ether oxygens (including phenoxy) is 2. The average molecular weight is 427 g/mol. The van der Waals surface area contributed by atoms with E-state index in [1.165, 1.54) is 49.4 Å². The van der Waals surface area contributed by atoms with Crippen LogP contribution >= 0.6 is 0 Å². The molecule has 0 saturated heterocycles. The number of anilines is 1. The first-order valence-electron chi connectivity index (χ1n) is 8.54.